The molecule has 0 heterocycles. The summed E-state index contributed by atoms with van der Waals surface area (Å²) in [6.07, 6.45) is 22.0. The van der Waals surface area contributed by atoms with Crippen LogP contribution in [0.2, 0.25) is 0 Å². The molecule has 11 heteroatoms. The molecule has 0 spiro atoms. The molecule has 9 nitrogen and oxygen atoms in total. The first-order valence-corrected chi connectivity index (χ1v) is 16.3. The summed E-state index contributed by atoms with van der Waals surface area (Å²) in [6.45, 7) is 4.24. The van der Waals surface area contributed by atoms with Crippen LogP contribution in [-0.2, 0) is 42.9 Å². The molecule has 0 saturated heterocycles. The standard InChI is InChI=1S/C24H50O9S2/c1-3-5-7-9-11-13-15-17-19-21-23-29-34(25,26)32-31-33-35(27,28)30-24-22-20-18-16-14-12-10-8-6-4-2/h3-24H2,1-2H3. The molecule has 0 atom stereocenters. The van der Waals surface area contributed by atoms with Gasteiger partial charge in [-0.15, -0.1) is 0 Å². The minimum absolute atomic E-state index is 0.0792. The van der Waals surface area contributed by atoms with Gasteiger partial charge in [-0.05, 0) is 17.9 Å². The molecule has 0 aliphatic rings. The quantitative estimate of drug-likeness (QED) is 0.0569. The highest BCUT2D eigenvalue weighted by molar-refractivity contribution is 7.82. The summed E-state index contributed by atoms with van der Waals surface area (Å²) in [5.74, 6) is 0. The van der Waals surface area contributed by atoms with E-state index >= 15 is 0 Å². The molecule has 0 bridgehead atoms. The Balaban J connectivity index is 3.62. The summed E-state index contributed by atoms with van der Waals surface area (Å²) in [6, 6.07) is 0. The predicted octanol–water partition coefficient (Wildman–Crippen LogP) is 7.23. The highest BCUT2D eigenvalue weighted by Gasteiger charge is 2.19. The molecule has 0 aromatic rings. The second-order valence-corrected chi connectivity index (χ2v) is 11.4. The van der Waals surface area contributed by atoms with E-state index in [0.29, 0.717) is 12.8 Å². The maximum absolute atomic E-state index is 11.6. The highest BCUT2D eigenvalue weighted by Crippen LogP contribution is 2.12. The molecule has 35 heavy (non-hydrogen) atoms. The van der Waals surface area contributed by atoms with Crippen LogP contribution in [0.4, 0.5) is 0 Å². The number of hydrogen-bond donors (Lipinski definition) is 0. The Kier molecular flexibility index (Phi) is 23.9. The fourth-order valence-corrected chi connectivity index (χ4v) is 4.57. The number of rotatable bonds is 28. The van der Waals surface area contributed by atoms with Crippen molar-refractivity contribution in [2.45, 2.75) is 142 Å². The van der Waals surface area contributed by atoms with Crippen LogP contribution in [0.3, 0.4) is 0 Å². The molecular weight excluding hydrogens is 496 g/mol. The van der Waals surface area contributed by atoms with E-state index in [1.165, 1.54) is 77.0 Å². The van der Waals surface area contributed by atoms with Gasteiger partial charge in [-0.3, -0.25) is 0 Å². The lowest BCUT2D eigenvalue weighted by atomic mass is 10.1. The minimum Gasteiger partial charge on any atom is -0.246 e. The highest BCUT2D eigenvalue weighted by atomic mass is 32.3. The molecular formula is C24H50O9S2. The van der Waals surface area contributed by atoms with Gasteiger partial charge in [0, 0.05) is 0 Å². The van der Waals surface area contributed by atoms with Gasteiger partial charge in [-0.2, -0.15) is 16.8 Å². The number of hydrogen-bond acceptors (Lipinski definition) is 9. The van der Waals surface area contributed by atoms with Crippen LogP contribution in [0, 0.1) is 0 Å². The maximum Gasteiger partial charge on any atom is 0.428 e. The van der Waals surface area contributed by atoms with Crippen LogP contribution < -0.4 is 0 Å². The summed E-state index contributed by atoms with van der Waals surface area (Å²) < 4.78 is 63.3. The van der Waals surface area contributed by atoms with Crippen molar-refractivity contribution in [3.63, 3.8) is 0 Å². The Labute approximate surface area is 215 Å². The topological polar surface area (TPSA) is 114 Å². The van der Waals surface area contributed by atoms with Crippen molar-refractivity contribution in [1.82, 2.24) is 0 Å². The molecule has 0 aliphatic carbocycles. The van der Waals surface area contributed by atoms with Gasteiger partial charge in [0.1, 0.15) is 0 Å². The van der Waals surface area contributed by atoms with E-state index in [-0.39, 0.29) is 13.2 Å². The largest absolute Gasteiger partial charge is 0.428 e. The Bertz CT molecular complexity index is 596. The SMILES string of the molecule is CCCCCCCCCCCCOS(=O)(=O)OOOS(=O)(=O)OCCCCCCCCCCCC. The molecule has 0 rings (SSSR count). The first kappa shape index (κ1) is 34.7. The van der Waals surface area contributed by atoms with Gasteiger partial charge in [0.25, 0.3) is 0 Å². The number of unbranched alkanes of at least 4 members (excludes halogenated alkanes) is 18. The van der Waals surface area contributed by atoms with Gasteiger partial charge in [0.05, 0.1) is 13.2 Å². The maximum atomic E-state index is 11.6. The second kappa shape index (κ2) is 24.1. The van der Waals surface area contributed by atoms with Crippen LogP contribution in [-0.4, -0.2) is 30.0 Å². The zero-order valence-electron chi connectivity index (χ0n) is 22.0. The van der Waals surface area contributed by atoms with Gasteiger partial charge in [-0.25, -0.2) is 8.37 Å². The molecule has 0 N–H and O–H groups in total. The van der Waals surface area contributed by atoms with E-state index in [2.05, 4.69) is 35.9 Å². The zero-order valence-corrected chi connectivity index (χ0v) is 23.7. The third-order valence-electron chi connectivity index (χ3n) is 5.67. The molecule has 0 aromatic carbocycles. The Morgan fingerprint density at radius 1 is 0.400 bits per heavy atom. The van der Waals surface area contributed by atoms with E-state index in [9.17, 15) is 16.8 Å². The Morgan fingerprint density at radius 3 is 0.943 bits per heavy atom. The van der Waals surface area contributed by atoms with Crippen molar-refractivity contribution < 1.29 is 38.9 Å². The van der Waals surface area contributed by atoms with Gasteiger partial charge in [0.15, 0.2) is 0 Å². The monoisotopic (exact) mass is 546 g/mol. The lowest BCUT2D eigenvalue weighted by molar-refractivity contribution is -0.413. The first-order chi connectivity index (χ1) is 16.8. The fourth-order valence-electron chi connectivity index (χ4n) is 3.62. The third-order valence-corrected chi connectivity index (χ3v) is 7.03. The molecule has 0 amide bonds. The average molecular weight is 547 g/mol. The first-order valence-electron chi connectivity index (χ1n) is 13.7. The average Bonchev–Trinajstić information content (AvgIpc) is 2.80. The Hall–Kier alpha value is -0.300. The van der Waals surface area contributed by atoms with Gasteiger partial charge >= 0.3 is 20.8 Å². The van der Waals surface area contributed by atoms with Crippen molar-refractivity contribution in [3.05, 3.63) is 0 Å². The smallest absolute Gasteiger partial charge is 0.246 e. The third kappa shape index (κ3) is 26.6. The van der Waals surface area contributed by atoms with E-state index in [0.717, 1.165) is 38.5 Å². The summed E-state index contributed by atoms with van der Waals surface area (Å²) in [4.78, 5) is 0. The summed E-state index contributed by atoms with van der Waals surface area (Å²) in [5.41, 5.74) is 0. The van der Waals surface area contributed by atoms with Crippen molar-refractivity contribution >= 4 is 20.8 Å². The van der Waals surface area contributed by atoms with Gasteiger partial charge in [0.2, 0.25) is 0 Å². The lowest BCUT2D eigenvalue weighted by Gasteiger charge is -2.06. The summed E-state index contributed by atoms with van der Waals surface area (Å²) in [7, 11) is -9.05. The lowest BCUT2D eigenvalue weighted by Crippen LogP contribution is -2.16. The Morgan fingerprint density at radius 2 is 0.657 bits per heavy atom. The molecule has 0 aliphatic heterocycles. The second-order valence-electron chi connectivity index (χ2n) is 9.03. The van der Waals surface area contributed by atoms with E-state index in [1.54, 1.807) is 0 Å². The van der Waals surface area contributed by atoms with E-state index in [1.807, 2.05) is 0 Å². The molecule has 0 unspecified atom stereocenters. The van der Waals surface area contributed by atoms with Gasteiger partial charge in [-0.1, -0.05) is 138 Å². The normalized spacial score (nSPS) is 12.4. The summed E-state index contributed by atoms with van der Waals surface area (Å²) >= 11 is 0. The van der Waals surface area contributed by atoms with Crippen molar-refractivity contribution in [2.24, 2.45) is 0 Å². The minimum atomic E-state index is -4.53. The zero-order chi connectivity index (χ0) is 26.1. The van der Waals surface area contributed by atoms with Gasteiger partial charge < -0.3 is 0 Å². The molecule has 0 fully saturated rings. The van der Waals surface area contributed by atoms with E-state index < -0.39 is 20.8 Å². The van der Waals surface area contributed by atoms with Crippen molar-refractivity contribution in [1.29, 1.82) is 0 Å². The van der Waals surface area contributed by atoms with Crippen LogP contribution in [0.15, 0.2) is 0 Å². The molecule has 0 radical (unpaired) electrons. The van der Waals surface area contributed by atoms with Crippen LogP contribution in [0.25, 0.3) is 0 Å². The predicted molar refractivity (Wildman–Crippen MR) is 137 cm³/mol. The molecule has 0 aromatic heterocycles. The van der Waals surface area contributed by atoms with E-state index in [4.69, 9.17) is 0 Å². The van der Waals surface area contributed by atoms with Crippen LogP contribution >= 0.6 is 0 Å². The molecule has 212 valence electrons. The van der Waals surface area contributed by atoms with Crippen molar-refractivity contribution in [3.8, 4) is 0 Å². The fraction of sp³-hybridized carbons (Fsp3) is 1.00. The van der Waals surface area contributed by atoms with Crippen LogP contribution in [0.1, 0.15) is 142 Å². The summed E-state index contributed by atoms with van der Waals surface area (Å²) in [5, 5.41) is 3.84. The molecule has 0 saturated carbocycles. The van der Waals surface area contributed by atoms with Crippen molar-refractivity contribution in [2.75, 3.05) is 13.2 Å². The van der Waals surface area contributed by atoms with Crippen LogP contribution in [0.5, 0.6) is 0 Å².